The predicted octanol–water partition coefficient (Wildman–Crippen LogP) is 4.37. The van der Waals surface area contributed by atoms with Crippen molar-refractivity contribution < 1.29 is 41.0 Å². The number of primary amides is 1. The monoisotopic (exact) mass is 490 g/mol. The first-order valence-electron chi connectivity index (χ1n) is 9.89. The molecule has 0 aliphatic heterocycles. The molecule has 0 aliphatic rings. The van der Waals surface area contributed by atoms with E-state index in [4.69, 9.17) is 5.73 Å². The molecule has 0 radical (unpaired) electrons. The molecule has 3 rings (SSSR count). The van der Waals surface area contributed by atoms with Crippen LogP contribution >= 0.6 is 0 Å². The van der Waals surface area contributed by atoms with Crippen molar-refractivity contribution in [2.75, 3.05) is 6.61 Å². The maximum atomic E-state index is 13.1. The number of aromatic nitrogens is 3. The number of nitrogens with two attached hydrogens (primary N) is 1. The highest BCUT2D eigenvalue weighted by Crippen LogP contribution is 2.37. The number of aryl methyl sites for hydroxylation is 1. The molecular formula is C21H20F6N4O3. The molecule has 0 aliphatic carbocycles. The van der Waals surface area contributed by atoms with E-state index in [0.717, 1.165) is 6.07 Å². The number of rotatable bonds is 7. The first kappa shape index (κ1) is 25.4. The number of nitrogens with zero attached hydrogens (tertiary/aromatic N) is 3. The van der Waals surface area contributed by atoms with Crippen molar-refractivity contribution in [3.8, 4) is 11.1 Å². The van der Waals surface area contributed by atoms with Crippen LogP contribution in [0.4, 0.5) is 26.3 Å². The highest BCUT2D eigenvalue weighted by atomic mass is 19.4. The van der Waals surface area contributed by atoms with Crippen LogP contribution in [0.3, 0.4) is 0 Å². The second-order valence-corrected chi connectivity index (χ2v) is 8.01. The number of hydrogen-bond acceptors (Lipinski definition) is 5. The normalized spacial score (nSPS) is 13.0. The zero-order valence-electron chi connectivity index (χ0n) is 18.0. The van der Waals surface area contributed by atoms with E-state index in [1.807, 2.05) is 0 Å². The van der Waals surface area contributed by atoms with Crippen molar-refractivity contribution in [1.82, 2.24) is 14.8 Å². The van der Waals surface area contributed by atoms with Gasteiger partial charge in [-0.25, -0.2) is 4.98 Å². The Hall–Kier alpha value is -3.19. The van der Waals surface area contributed by atoms with E-state index < -0.39 is 42.0 Å². The van der Waals surface area contributed by atoms with Gasteiger partial charge in [0, 0.05) is 23.7 Å². The number of halogens is 6. The summed E-state index contributed by atoms with van der Waals surface area (Å²) >= 11 is 0. The molecule has 13 heteroatoms. The van der Waals surface area contributed by atoms with Gasteiger partial charge in [0.1, 0.15) is 11.4 Å². The molecule has 0 saturated carbocycles. The maximum absolute atomic E-state index is 13.1. The van der Waals surface area contributed by atoms with Crippen LogP contribution in [0.5, 0.6) is 0 Å². The minimum Gasteiger partial charge on any atom is -0.386 e. The number of amides is 1. The smallest absolute Gasteiger partial charge is 0.386 e. The van der Waals surface area contributed by atoms with E-state index in [9.17, 15) is 36.2 Å². The van der Waals surface area contributed by atoms with Gasteiger partial charge in [-0.1, -0.05) is 0 Å². The topological polar surface area (TPSA) is 103 Å². The average Bonchev–Trinajstić information content (AvgIpc) is 3.09. The Morgan fingerprint density at radius 2 is 1.79 bits per heavy atom. The number of alkyl halides is 6. The van der Waals surface area contributed by atoms with Crippen molar-refractivity contribution in [3.05, 3.63) is 47.4 Å². The standard InChI is InChI=1S/C21H20F6N4O3/c1-19(2,33)14-9-15-11(10-31(30-15)6-3-7-34-21(25,26)27)8-13(14)12-4-5-16(20(22,23)24)29-17(12)18(28)32/h4-5,8-10,33H,3,6-7H2,1-2H3,(H2,28,32). The lowest BCUT2D eigenvalue weighted by Gasteiger charge is -2.23. The number of fused-ring (bicyclic) bond motifs is 1. The fraction of sp³-hybridized carbons (Fsp3) is 0.381. The Morgan fingerprint density at radius 3 is 2.35 bits per heavy atom. The van der Waals surface area contributed by atoms with E-state index in [-0.39, 0.29) is 29.7 Å². The molecule has 0 unspecified atom stereocenters. The van der Waals surface area contributed by atoms with Crippen LogP contribution in [0.1, 0.15) is 42.0 Å². The lowest BCUT2D eigenvalue weighted by Crippen LogP contribution is -2.21. The fourth-order valence-corrected chi connectivity index (χ4v) is 3.40. The summed E-state index contributed by atoms with van der Waals surface area (Å²) in [6.45, 7) is 2.39. The van der Waals surface area contributed by atoms with Crippen LogP contribution in [-0.2, 0) is 23.1 Å². The van der Waals surface area contributed by atoms with Crippen LogP contribution in [0, 0.1) is 0 Å². The maximum Gasteiger partial charge on any atom is 0.522 e. The average molecular weight is 490 g/mol. The number of benzene rings is 1. The zero-order valence-corrected chi connectivity index (χ0v) is 18.0. The molecule has 7 nitrogen and oxygen atoms in total. The Morgan fingerprint density at radius 1 is 1.12 bits per heavy atom. The molecular weight excluding hydrogens is 470 g/mol. The van der Waals surface area contributed by atoms with Gasteiger partial charge in [0.05, 0.1) is 17.7 Å². The number of hydrogen-bond donors (Lipinski definition) is 2. The second-order valence-electron chi connectivity index (χ2n) is 8.01. The third-order valence-electron chi connectivity index (χ3n) is 4.86. The predicted molar refractivity (Wildman–Crippen MR) is 108 cm³/mol. The molecule has 0 bridgehead atoms. The Kier molecular flexibility index (Phi) is 6.64. The molecule has 1 amide bonds. The summed E-state index contributed by atoms with van der Waals surface area (Å²) in [5, 5.41) is 15.4. The summed E-state index contributed by atoms with van der Waals surface area (Å²) in [6.07, 6.45) is -8.02. The second kappa shape index (κ2) is 8.87. The molecule has 2 aromatic heterocycles. The quantitative estimate of drug-likeness (QED) is 0.378. The molecule has 3 aromatic rings. The zero-order chi connectivity index (χ0) is 25.5. The van der Waals surface area contributed by atoms with Crippen LogP contribution in [0.15, 0.2) is 30.5 Å². The van der Waals surface area contributed by atoms with Crippen LogP contribution in [-0.4, -0.2) is 38.7 Å². The fourth-order valence-electron chi connectivity index (χ4n) is 3.40. The highest BCUT2D eigenvalue weighted by molar-refractivity contribution is 6.00. The highest BCUT2D eigenvalue weighted by Gasteiger charge is 2.34. The Labute approximate surface area is 189 Å². The number of pyridine rings is 1. The molecule has 0 saturated heterocycles. The molecule has 1 aromatic carbocycles. The molecule has 184 valence electrons. The van der Waals surface area contributed by atoms with Crippen molar-refractivity contribution in [2.45, 2.75) is 45.0 Å². The van der Waals surface area contributed by atoms with Gasteiger partial charge < -0.3 is 10.8 Å². The van der Waals surface area contributed by atoms with Gasteiger partial charge >= 0.3 is 12.5 Å². The Balaban J connectivity index is 2.07. The van der Waals surface area contributed by atoms with Gasteiger partial charge in [0.25, 0.3) is 5.91 Å². The third-order valence-corrected chi connectivity index (χ3v) is 4.86. The number of carbonyl (C=O) groups excluding carboxylic acids is 1. The molecule has 2 heterocycles. The van der Waals surface area contributed by atoms with Gasteiger partial charge in [-0.3, -0.25) is 14.2 Å². The number of ether oxygens (including phenoxy) is 1. The van der Waals surface area contributed by atoms with E-state index in [2.05, 4.69) is 14.8 Å². The van der Waals surface area contributed by atoms with Gasteiger partial charge in [0.15, 0.2) is 0 Å². The summed E-state index contributed by atoms with van der Waals surface area (Å²) in [7, 11) is 0. The number of carbonyl (C=O) groups is 1. The third kappa shape index (κ3) is 5.83. The molecule has 34 heavy (non-hydrogen) atoms. The van der Waals surface area contributed by atoms with Crippen LogP contribution in [0.2, 0.25) is 0 Å². The summed E-state index contributed by atoms with van der Waals surface area (Å²) in [4.78, 5) is 15.3. The summed E-state index contributed by atoms with van der Waals surface area (Å²) in [5.74, 6) is -1.19. The summed E-state index contributed by atoms with van der Waals surface area (Å²) in [5.41, 5.74) is 2.65. The van der Waals surface area contributed by atoms with E-state index in [0.29, 0.717) is 17.0 Å². The van der Waals surface area contributed by atoms with Crippen molar-refractivity contribution in [1.29, 1.82) is 0 Å². The minimum absolute atomic E-state index is 0.00730. The lowest BCUT2D eigenvalue weighted by molar-refractivity contribution is -0.324. The minimum atomic E-state index is -4.80. The van der Waals surface area contributed by atoms with Gasteiger partial charge in [-0.2, -0.15) is 18.3 Å². The SMILES string of the molecule is CC(C)(O)c1cc2nn(CCCOC(F)(F)F)cc2cc1-c1ccc(C(F)(F)F)nc1C(N)=O. The molecule has 0 atom stereocenters. The summed E-state index contributed by atoms with van der Waals surface area (Å²) in [6, 6.07) is 4.72. The van der Waals surface area contributed by atoms with E-state index in [1.54, 1.807) is 0 Å². The van der Waals surface area contributed by atoms with Gasteiger partial charge in [-0.15, -0.1) is 13.2 Å². The lowest BCUT2D eigenvalue weighted by atomic mass is 9.87. The van der Waals surface area contributed by atoms with E-state index >= 15 is 0 Å². The van der Waals surface area contributed by atoms with Crippen molar-refractivity contribution >= 4 is 16.8 Å². The van der Waals surface area contributed by atoms with Crippen LogP contribution in [0.25, 0.3) is 22.0 Å². The van der Waals surface area contributed by atoms with Gasteiger partial charge in [-0.05, 0) is 55.7 Å². The largest absolute Gasteiger partial charge is 0.522 e. The first-order valence-corrected chi connectivity index (χ1v) is 9.89. The van der Waals surface area contributed by atoms with Crippen molar-refractivity contribution in [2.24, 2.45) is 5.73 Å². The van der Waals surface area contributed by atoms with Crippen molar-refractivity contribution in [3.63, 3.8) is 0 Å². The number of aliphatic hydroxyl groups is 1. The molecule has 3 N–H and O–H groups in total. The Bertz CT molecular complexity index is 1210. The van der Waals surface area contributed by atoms with Crippen LogP contribution < -0.4 is 5.73 Å². The van der Waals surface area contributed by atoms with Gasteiger partial charge in [0.2, 0.25) is 0 Å². The summed E-state index contributed by atoms with van der Waals surface area (Å²) < 4.78 is 80.8. The van der Waals surface area contributed by atoms with E-state index in [1.165, 1.54) is 36.9 Å². The first-order chi connectivity index (χ1) is 15.6. The molecule has 0 spiro atoms. The molecule has 0 fully saturated rings.